The van der Waals surface area contributed by atoms with Crippen LogP contribution in [0.5, 0.6) is 0 Å². The molecule has 466 valence electrons. The highest BCUT2D eigenvalue weighted by molar-refractivity contribution is 7.45. The first kappa shape index (κ1) is 77.5. The zero-order chi connectivity index (χ0) is 58.4. The molecule has 2 atom stereocenters. The van der Waals surface area contributed by atoms with E-state index in [1.165, 1.54) is 186 Å². The van der Waals surface area contributed by atoms with Gasteiger partial charge in [0.15, 0.2) is 6.10 Å². The molecule has 9 nitrogen and oxygen atoms in total. The van der Waals surface area contributed by atoms with Crippen molar-refractivity contribution >= 4 is 19.8 Å². The zero-order valence-electron chi connectivity index (χ0n) is 53.0. The molecular weight excluding hydrogens is 1010 g/mol. The van der Waals surface area contributed by atoms with Gasteiger partial charge in [-0.05, 0) is 83.5 Å². The van der Waals surface area contributed by atoms with Crippen LogP contribution >= 0.6 is 7.82 Å². The summed E-state index contributed by atoms with van der Waals surface area (Å²) in [5, 5.41) is 0. The van der Waals surface area contributed by atoms with E-state index in [0.29, 0.717) is 23.9 Å². The van der Waals surface area contributed by atoms with Crippen LogP contribution in [0.4, 0.5) is 0 Å². The molecule has 0 fully saturated rings. The Balaban J connectivity index is 3.88. The molecule has 0 aliphatic rings. The average molecular weight is 1140 g/mol. The van der Waals surface area contributed by atoms with Crippen LogP contribution in [-0.4, -0.2) is 70.0 Å². The minimum atomic E-state index is -4.64. The van der Waals surface area contributed by atoms with Crippen LogP contribution in [0.3, 0.4) is 0 Å². The maximum atomic E-state index is 12.8. The first-order valence-electron chi connectivity index (χ1n) is 33.6. The lowest BCUT2D eigenvalue weighted by Gasteiger charge is -2.28. The number of allylic oxidation sites excluding steroid dienone is 12. The number of quaternary nitrogens is 1. The lowest BCUT2D eigenvalue weighted by molar-refractivity contribution is -0.870. The van der Waals surface area contributed by atoms with Gasteiger partial charge in [0.2, 0.25) is 0 Å². The fraction of sp³-hybridized carbons (Fsp3) is 0.800. The second-order valence-corrected chi connectivity index (χ2v) is 25.2. The maximum absolute atomic E-state index is 12.8. The highest BCUT2D eigenvalue weighted by Gasteiger charge is 2.22. The van der Waals surface area contributed by atoms with Crippen molar-refractivity contribution in [2.75, 3.05) is 47.5 Å². The predicted octanol–water partition coefficient (Wildman–Crippen LogP) is 21.0. The summed E-state index contributed by atoms with van der Waals surface area (Å²) in [6.07, 6.45) is 81.5. The molecule has 0 saturated heterocycles. The topological polar surface area (TPSA) is 111 Å². The Labute approximate surface area is 495 Å². The summed E-state index contributed by atoms with van der Waals surface area (Å²) in [6, 6.07) is 0. The van der Waals surface area contributed by atoms with E-state index in [4.69, 9.17) is 18.5 Å². The summed E-state index contributed by atoms with van der Waals surface area (Å²) in [7, 11) is 1.16. The summed E-state index contributed by atoms with van der Waals surface area (Å²) < 4.78 is 34.2. The molecule has 0 saturated carbocycles. The molecule has 2 unspecified atom stereocenters. The van der Waals surface area contributed by atoms with E-state index in [-0.39, 0.29) is 26.1 Å². The molecular formula is C70H128NO8P. The van der Waals surface area contributed by atoms with Crippen molar-refractivity contribution in [3.8, 4) is 0 Å². The number of hydrogen-bond donors (Lipinski definition) is 0. The summed E-state index contributed by atoms with van der Waals surface area (Å²) in [6.45, 7) is 4.12. The van der Waals surface area contributed by atoms with Gasteiger partial charge in [0.1, 0.15) is 19.8 Å². The van der Waals surface area contributed by atoms with Crippen molar-refractivity contribution in [2.24, 2.45) is 0 Å². The molecule has 0 heterocycles. The Bertz CT molecular complexity index is 1580. The highest BCUT2D eigenvalue weighted by atomic mass is 31.2. The van der Waals surface area contributed by atoms with Crippen molar-refractivity contribution in [3.63, 3.8) is 0 Å². The second-order valence-electron chi connectivity index (χ2n) is 23.8. The van der Waals surface area contributed by atoms with Gasteiger partial charge in [-0.25, -0.2) is 0 Å². The number of rotatable bonds is 62. The normalized spacial score (nSPS) is 13.6. The molecule has 10 heteroatoms. The van der Waals surface area contributed by atoms with Gasteiger partial charge in [-0.3, -0.25) is 14.2 Å². The summed E-state index contributed by atoms with van der Waals surface area (Å²) in [4.78, 5) is 37.9. The molecule has 0 aromatic rings. The average Bonchev–Trinajstić information content (AvgIpc) is 3.42. The molecule has 0 amide bonds. The zero-order valence-corrected chi connectivity index (χ0v) is 53.9. The Morgan fingerprint density at radius 3 is 1.06 bits per heavy atom. The number of ether oxygens (including phenoxy) is 2. The van der Waals surface area contributed by atoms with E-state index in [2.05, 4.69) is 86.8 Å². The SMILES string of the molecule is CC/C=C\C/C=C\C/C=C\CCCCCCCC(=O)OCC(COP(=O)([O-])OCC[N+](C)(C)C)OC(=O)CCCCCCCCCCCCCCCCCCCCCCCCCCCC/C=C\C/C=C\C/C=C\CCCCCCC. The second kappa shape index (κ2) is 61.0. The number of phosphoric ester groups is 1. The van der Waals surface area contributed by atoms with Gasteiger partial charge in [0.05, 0.1) is 27.7 Å². The predicted molar refractivity (Wildman–Crippen MR) is 342 cm³/mol. The summed E-state index contributed by atoms with van der Waals surface area (Å²) in [5.41, 5.74) is 0. The van der Waals surface area contributed by atoms with Crippen LogP contribution in [0, 0.1) is 0 Å². The monoisotopic (exact) mass is 1140 g/mol. The van der Waals surface area contributed by atoms with Crippen LogP contribution in [0.1, 0.15) is 309 Å². The molecule has 0 radical (unpaired) electrons. The lowest BCUT2D eigenvalue weighted by atomic mass is 10.0. The van der Waals surface area contributed by atoms with Crippen LogP contribution < -0.4 is 4.89 Å². The smallest absolute Gasteiger partial charge is 0.306 e. The Morgan fingerprint density at radius 1 is 0.400 bits per heavy atom. The molecule has 0 rings (SSSR count). The van der Waals surface area contributed by atoms with E-state index in [0.717, 1.165) is 83.5 Å². The van der Waals surface area contributed by atoms with Crippen LogP contribution in [0.25, 0.3) is 0 Å². The van der Waals surface area contributed by atoms with Crippen LogP contribution in [0.15, 0.2) is 72.9 Å². The number of phosphoric acid groups is 1. The summed E-state index contributed by atoms with van der Waals surface area (Å²) in [5.74, 6) is -0.844. The highest BCUT2D eigenvalue weighted by Crippen LogP contribution is 2.38. The number of unbranched alkanes of at least 4 members (excludes halogenated alkanes) is 36. The van der Waals surface area contributed by atoms with E-state index in [1.54, 1.807) is 0 Å². The number of hydrogen-bond acceptors (Lipinski definition) is 8. The molecule has 0 aromatic carbocycles. The number of likely N-dealkylation sites (N-methyl/N-ethyl adjacent to an activating group) is 1. The molecule has 0 aliphatic heterocycles. The number of nitrogens with zero attached hydrogens (tertiary/aromatic N) is 1. The van der Waals surface area contributed by atoms with E-state index in [9.17, 15) is 19.0 Å². The fourth-order valence-electron chi connectivity index (χ4n) is 9.56. The number of carbonyl (C=O) groups excluding carboxylic acids is 2. The summed E-state index contributed by atoms with van der Waals surface area (Å²) >= 11 is 0. The van der Waals surface area contributed by atoms with Gasteiger partial charge in [-0.1, -0.05) is 286 Å². The van der Waals surface area contributed by atoms with E-state index >= 15 is 0 Å². The van der Waals surface area contributed by atoms with Crippen molar-refractivity contribution < 1.29 is 42.1 Å². The molecule has 0 aliphatic carbocycles. The molecule has 0 spiro atoms. The molecule has 80 heavy (non-hydrogen) atoms. The van der Waals surface area contributed by atoms with Crippen molar-refractivity contribution in [2.45, 2.75) is 315 Å². The third kappa shape index (κ3) is 64.6. The van der Waals surface area contributed by atoms with E-state index in [1.807, 2.05) is 21.1 Å². The van der Waals surface area contributed by atoms with E-state index < -0.39 is 32.5 Å². The van der Waals surface area contributed by atoms with Gasteiger partial charge < -0.3 is 27.9 Å². The van der Waals surface area contributed by atoms with Gasteiger partial charge in [0, 0.05) is 12.8 Å². The van der Waals surface area contributed by atoms with Gasteiger partial charge >= 0.3 is 11.9 Å². The van der Waals surface area contributed by atoms with Crippen molar-refractivity contribution in [1.82, 2.24) is 0 Å². The maximum Gasteiger partial charge on any atom is 0.306 e. The first-order valence-corrected chi connectivity index (χ1v) is 35.1. The van der Waals surface area contributed by atoms with Crippen molar-refractivity contribution in [3.05, 3.63) is 72.9 Å². The molecule has 0 bridgehead atoms. The minimum Gasteiger partial charge on any atom is -0.756 e. The minimum absolute atomic E-state index is 0.0343. The Kier molecular flexibility index (Phi) is 59.1. The number of carbonyl (C=O) groups is 2. The fourth-order valence-corrected chi connectivity index (χ4v) is 10.3. The standard InChI is InChI=1S/C70H128NO8P/c1-6-8-10-12-14-16-18-20-22-23-24-25-26-27-28-29-30-31-32-33-34-35-36-37-38-39-40-41-42-43-44-45-46-47-49-51-53-55-57-59-61-63-70(73)79-68(67-78-80(74,75)77-65-64-71(3,4)5)66-76-69(72)62-60-58-56-54-52-50-48-21-19-17-15-13-11-9-7-2/h9,11,15,17-18,20-21,23-24,26-27,48,68H,6-8,10,12-14,16,19,22,25,28-47,49-67H2,1-5H3/b11-9-,17-15-,20-18-,24-23-,27-26-,48-21-. The third-order valence-corrected chi connectivity index (χ3v) is 15.7. The van der Waals surface area contributed by atoms with Crippen LogP contribution in [-0.2, 0) is 32.7 Å². The van der Waals surface area contributed by atoms with Crippen molar-refractivity contribution in [1.29, 1.82) is 0 Å². The number of esters is 2. The van der Waals surface area contributed by atoms with Gasteiger partial charge in [-0.15, -0.1) is 0 Å². The lowest BCUT2D eigenvalue weighted by Crippen LogP contribution is -2.37. The first-order chi connectivity index (χ1) is 39.0. The largest absolute Gasteiger partial charge is 0.756 e. The molecule has 0 N–H and O–H groups in total. The Hall–Kier alpha value is -2.55. The van der Waals surface area contributed by atoms with Gasteiger partial charge in [0.25, 0.3) is 7.82 Å². The third-order valence-electron chi connectivity index (χ3n) is 14.7. The van der Waals surface area contributed by atoms with Crippen LogP contribution in [0.2, 0.25) is 0 Å². The quantitative estimate of drug-likeness (QED) is 0.0195. The van der Waals surface area contributed by atoms with Gasteiger partial charge in [-0.2, -0.15) is 0 Å². The Morgan fingerprint density at radius 2 is 0.713 bits per heavy atom. The molecule has 0 aromatic heterocycles.